The van der Waals surface area contributed by atoms with Crippen LogP contribution in [0.4, 0.5) is 5.69 Å². The first-order valence-electron chi connectivity index (χ1n) is 9.48. The standard InChI is InChI=1S/C22H28N2O3/c1-5-24(13-18-14-26-20-8-6-7-9-21(20)27-18)17(4)22(25)23-19-11-10-15(2)12-16(19)3/h6-12,17-18H,5,13-14H2,1-4H3,(H,23,25). The lowest BCUT2D eigenvalue weighted by molar-refractivity contribution is -0.121. The maximum atomic E-state index is 12.8. The van der Waals surface area contributed by atoms with Gasteiger partial charge in [0.05, 0.1) is 6.04 Å². The van der Waals surface area contributed by atoms with Gasteiger partial charge >= 0.3 is 0 Å². The van der Waals surface area contributed by atoms with Crippen molar-refractivity contribution in [2.75, 3.05) is 25.0 Å². The minimum absolute atomic E-state index is 0.0130. The Bertz CT molecular complexity index is 806. The first-order chi connectivity index (χ1) is 13.0. The molecule has 0 radical (unpaired) electrons. The van der Waals surface area contributed by atoms with Crippen LogP contribution < -0.4 is 14.8 Å². The first kappa shape index (κ1) is 19.2. The van der Waals surface area contributed by atoms with Crippen LogP contribution in [-0.4, -0.2) is 42.6 Å². The van der Waals surface area contributed by atoms with E-state index >= 15 is 0 Å². The van der Waals surface area contributed by atoms with Gasteiger partial charge in [-0.2, -0.15) is 0 Å². The fourth-order valence-corrected chi connectivity index (χ4v) is 3.33. The number of benzene rings is 2. The maximum absolute atomic E-state index is 12.8. The van der Waals surface area contributed by atoms with E-state index < -0.39 is 0 Å². The summed E-state index contributed by atoms with van der Waals surface area (Å²) in [7, 11) is 0. The van der Waals surface area contributed by atoms with Gasteiger partial charge in [-0.25, -0.2) is 0 Å². The van der Waals surface area contributed by atoms with Crippen molar-refractivity contribution in [1.82, 2.24) is 4.90 Å². The Morgan fingerprint density at radius 2 is 1.96 bits per heavy atom. The van der Waals surface area contributed by atoms with Crippen molar-refractivity contribution in [3.8, 4) is 11.5 Å². The molecule has 5 heteroatoms. The smallest absolute Gasteiger partial charge is 0.241 e. The molecule has 0 bridgehead atoms. The highest BCUT2D eigenvalue weighted by Gasteiger charge is 2.27. The number of hydrogen-bond acceptors (Lipinski definition) is 4. The molecule has 0 aromatic heterocycles. The molecule has 0 fully saturated rings. The van der Waals surface area contributed by atoms with Gasteiger partial charge in [0.1, 0.15) is 12.7 Å². The Morgan fingerprint density at radius 3 is 2.67 bits per heavy atom. The van der Waals surface area contributed by atoms with Crippen LogP contribution >= 0.6 is 0 Å². The highest BCUT2D eigenvalue weighted by Crippen LogP contribution is 2.31. The zero-order valence-corrected chi connectivity index (χ0v) is 16.5. The summed E-state index contributed by atoms with van der Waals surface area (Å²) in [6, 6.07) is 13.5. The molecule has 0 saturated heterocycles. The molecular weight excluding hydrogens is 340 g/mol. The van der Waals surface area contributed by atoms with E-state index in [-0.39, 0.29) is 18.1 Å². The Hall–Kier alpha value is -2.53. The van der Waals surface area contributed by atoms with Crippen molar-refractivity contribution in [3.63, 3.8) is 0 Å². The van der Waals surface area contributed by atoms with Crippen LogP contribution in [-0.2, 0) is 4.79 Å². The number of rotatable bonds is 6. The molecule has 2 atom stereocenters. The normalized spacial score (nSPS) is 16.9. The van der Waals surface area contributed by atoms with Gasteiger partial charge in [0.25, 0.3) is 0 Å². The van der Waals surface area contributed by atoms with Crippen LogP contribution in [0, 0.1) is 13.8 Å². The monoisotopic (exact) mass is 368 g/mol. The van der Waals surface area contributed by atoms with Gasteiger partial charge in [-0.15, -0.1) is 0 Å². The minimum atomic E-state index is -0.267. The van der Waals surface area contributed by atoms with Gasteiger partial charge in [-0.1, -0.05) is 36.8 Å². The van der Waals surface area contributed by atoms with Crippen LogP contribution in [0.1, 0.15) is 25.0 Å². The molecular formula is C22H28N2O3. The molecule has 5 nitrogen and oxygen atoms in total. The molecule has 2 unspecified atom stereocenters. The van der Waals surface area contributed by atoms with E-state index in [1.165, 1.54) is 5.56 Å². The molecule has 2 aromatic carbocycles. The number of aryl methyl sites for hydroxylation is 2. The van der Waals surface area contributed by atoms with E-state index in [1.54, 1.807) is 0 Å². The second-order valence-electron chi connectivity index (χ2n) is 7.07. The summed E-state index contributed by atoms with van der Waals surface area (Å²) in [6.07, 6.45) is -0.101. The fraction of sp³-hybridized carbons (Fsp3) is 0.409. The average molecular weight is 368 g/mol. The third-order valence-electron chi connectivity index (χ3n) is 4.98. The van der Waals surface area contributed by atoms with Crippen molar-refractivity contribution in [3.05, 3.63) is 53.6 Å². The molecule has 27 heavy (non-hydrogen) atoms. The van der Waals surface area contributed by atoms with Gasteiger partial charge in [0.15, 0.2) is 11.5 Å². The number of nitrogens with one attached hydrogen (secondary N) is 1. The van der Waals surface area contributed by atoms with Gasteiger partial charge in [-0.3, -0.25) is 9.69 Å². The number of carbonyl (C=O) groups is 1. The second-order valence-corrected chi connectivity index (χ2v) is 7.07. The predicted octanol–water partition coefficient (Wildman–Crippen LogP) is 3.79. The number of likely N-dealkylation sites (N-methyl/N-ethyl adjacent to an activating group) is 1. The summed E-state index contributed by atoms with van der Waals surface area (Å²) >= 11 is 0. The molecule has 1 heterocycles. The minimum Gasteiger partial charge on any atom is -0.486 e. The van der Waals surface area contributed by atoms with Crippen molar-refractivity contribution in [2.24, 2.45) is 0 Å². The molecule has 1 aliphatic heterocycles. The highest BCUT2D eigenvalue weighted by atomic mass is 16.6. The highest BCUT2D eigenvalue weighted by molar-refractivity contribution is 5.95. The van der Waals surface area contributed by atoms with E-state index in [0.717, 1.165) is 29.3 Å². The van der Waals surface area contributed by atoms with Crippen molar-refractivity contribution < 1.29 is 14.3 Å². The Balaban J connectivity index is 1.62. The van der Waals surface area contributed by atoms with Crippen LogP contribution in [0.2, 0.25) is 0 Å². The van der Waals surface area contributed by atoms with E-state index in [0.29, 0.717) is 13.2 Å². The fourth-order valence-electron chi connectivity index (χ4n) is 3.33. The lowest BCUT2D eigenvalue weighted by Gasteiger charge is -2.33. The van der Waals surface area contributed by atoms with Crippen molar-refractivity contribution in [2.45, 2.75) is 39.8 Å². The average Bonchev–Trinajstić information content (AvgIpc) is 2.67. The molecule has 2 aromatic rings. The quantitative estimate of drug-likeness (QED) is 0.843. The predicted molar refractivity (Wildman–Crippen MR) is 108 cm³/mol. The summed E-state index contributed by atoms with van der Waals surface area (Å²) in [5, 5.41) is 3.05. The van der Waals surface area contributed by atoms with Crippen molar-refractivity contribution >= 4 is 11.6 Å². The van der Waals surface area contributed by atoms with E-state index in [9.17, 15) is 4.79 Å². The van der Waals surface area contributed by atoms with Crippen molar-refractivity contribution in [1.29, 1.82) is 0 Å². The summed E-state index contributed by atoms with van der Waals surface area (Å²) in [6.45, 7) is 9.91. The molecule has 0 spiro atoms. The van der Waals surface area contributed by atoms with Gasteiger partial charge in [-0.05, 0) is 51.1 Å². The molecule has 3 rings (SSSR count). The lowest BCUT2D eigenvalue weighted by Crippen LogP contribution is -2.48. The zero-order chi connectivity index (χ0) is 19.4. The number of ether oxygens (including phenoxy) is 2. The number of para-hydroxylation sites is 2. The molecule has 1 amide bonds. The Morgan fingerprint density at radius 1 is 1.22 bits per heavy atom. The third-order valence-corrected chi connectivity index (χ3v) is 4.98. The largest absolute Gasteiger partial charge is 0.486 e. The van der Waals surface area contributed by atoms with Gasteiger partial charge in [0.2, 0.25) is 5.91 Å². The van der Waals surface area contributed by atoms with Crippen LogP contribution in [0.3, 0.4) is 0 Å². The van der Waals surface area contributed by atoms with Crippen LogP contribution in [0.5, 0.6) is 11.5 Å². The summed E-state index contributed by atoms with van der Waals surface area (Å²) in [4.78, 5) is 14.9. The molecule has 0 aliphatic carbocycles. The number of fused-ring (bicyclic) bond motifs is 1. The third kappa shape index (κ3) is 4.61. The lowest BCUT2D eigenvalue weighted by atomic mass is 10.1. The number of nitrogens with zero attached hydrogens (tertiary/aromatic N) is 1. The topological polar surface area (TPSA) is 50.8 Å². The van der Waals surface area contributed by atoms with Gasteiger partial charge in [0, 0.05) is 12.2 Å². The number of carbonyl (C=O) groups excluding carboxylic acids is 1. The molecule has 1 N–H and O–H groups in total. The Labute approximate surface area is 161 Å². The molecule has 1 aliphatic rings. The van der Waals surface area contributed by atoms with Gasteiger partial charge < -0.3 is 14.8 Å². The number of hydrogen-bond donors (Lipinski definition) is 1. The maximum Gasteiger partial charge on any atom is 0.241 e. The first-order valence-corrected chi connectivity index (χ1v) is 9.48. The molecule has 144 valence electrons. The number of amides is 1. The van der Waals surface area contributed by atoms with E-state index in [2.05, 4.69) is 23.2 Å². The Kier molecular flexibility index (Phi) is 6.01. The van der Waals surface area contributed by atoms with E-state index in [4.69, 9.17) is 9.47 Å². The summed E-state index contributed by atoms with van der Waals surface area (Å²) in [5.74, 6) is 1.52. The van der Waals surface area contributed by atoms with Crippen LogP contribution in [0.25, 0.3) is 0 Å². The second kappa shape index (κ2) is 8.44. The molecule has 0 saturated carbocycles. The van der Waals surface area contributed by atoms with Crippen LogP contribution in [0.15, 0.2) is 42.5 Å². The summed E-state index contributed by atoms with van der Waals surface area (Å²) < 4.78 is 11.8. The van der Waals surface area contributed by atoms with E-state index in [1.807, 2.05) is 57.2 Å². The zero-order valence-electron chi connectivity index (χ0n) is 16.5. The number of anilines is 1. The summed E-state index contributed by atoms with van der Waals surface area (Å²) in [5.41, 5.74) is 3.11. The SMILES string of the molecule is CCN(CC1COc2ccccc2O1)C(C)C(=O)Nc1ccc(C)cc1C.